The summed E-state index contributed by atoms with van der Waals surface area (Å²) >= 11 is 12.4. The fourth-order valence-electron chi connectivity index (χ4n) is 3.29. The van der Waals surface area contributed by atoms with Gasteiger partial charge in [-0.2, -0.15) is 0 Å². The molecule has 4 rings (SSSR count). The second-order valence-electron chi connectivity index (χ2n) is 6.10. The molecule has 1 N–H and O–H groups in total. The van der Waals surface area contributed by atoms with E-state index in [1.807, 2.05) is 6.07 Å². The van der Waals surface area contributed by atoms with Crippen LogP contribution in [0.5, 0.6) is 5.75 Å². The van der Waals surface area contributed by atoms with E-state index >= 15 is 0 Å². The number of rotatable bonds is 2. The van der Waals surface area contributed by atoms with Gasteiger partial charge in [-0.1, -0.05) is 29.3 Å². The van der Waals surface area contributed by atoms with Gasteiger partial charge in [0, 0.05) is 30.6 Å². The highest BCUT2D eigenvalue weighted by Crippen LogP contribution is 2.34. The van der Waals surface area contributed by atoms with Crippen molar-refractivity contribution >= 4 is 40.0 Å². The van der Waals surface area contributed by atoms with Crippen molar-refractivity contribution in [1.82, 2.24) is 19.9 Å². The van der Waals surface area contributed by atoms with Gasteiger partial charge in [0.05, 0.1) is 35.1 Å². The Labute approximate surface area is 160 Å². The topological polar surface area (TPSA) is 71.1 Å². The molecule has 3 heterocycles. The largest absolute Gasteiger partial charge is 0.494 e. The first-order chi connectivity index (χ1) is 12.6. The van der Waals surface area contributed by atoms with Gasteiger partial charge in [0.2, 0.25) is 5.82 Å². The Hall–Kier alpha value is -2.31. The third-order valence-electron chi connectivity index (χ3n) is 4.67. The molecule has 2 aromatic heterocycles. The highest BCUT2D eigenvalue weighted by atomic mass is 35.5. The normalized spacial score (nSPS) is 14.2. The summed E-state index contributed by atoms with van der Waals surface area (Å²) in [4.78, 5) is 26.0. The molecule has 0 radical (unpaired) electrons. The van der Waals surface area contributed by atoms with E-state index in [9.17, 15) is 4.79 Å². The minimum absolute atomic E-state index is 0.177. The highest BCUT2D eigenvalue weighted by Gasteiger charge is 2.24. The third-order valence-corrected chi connectivity index (χ3v) is 5.47. The molecule has 6 nitrogen and oxygen atoms in total. The van der Waals surface area contributed by atoms with Gasteiger partial charge < -0.3 is 14.6 Å². The maximum Gasteiger partial charge on any atom is 0.291 e. The predicted molar refractivity (Wildman–Crippen MR) is 100 cm³/mol. The molecular weight excluding hydrogens is 375 g/mol. The summed E-state index contributed by atoms with van der Waals surface area (Å²) in [5, 5.41) is 2.13. The van der Waals surface area contributed by atoms with Crippen molar-refractivity contribution in [3.63, 3.8) is 0 Å². The summed E-state index contributed by atoms with van der Waals surface area (Å²) < 4.78 is 5.03. The molecule has 0 unspecified atom stereocenters. The Morgan fingerprint density at radius 2 is 1.92 bits per heavy atom. The summed E-state index contributed by atoms with van der Waals surface area (Å²) in [7, 11) is 1.53. The van der Waals surface area contributed by atoms with Gasteiger partial charge in [-0.05, 0) is 18.1 Å². The van der Waals surface area contributed by atoms with Crippen LogP contribution in [0.15, 0.2) is 24.5 Å². The van der Waals surface area contributed by atoms with Crippen LogP contribution in [-0.4, -0.2) is 46.0 Å². The molecule has 8 heteroatoms. The van der Waals surface area contributed by atoms with Crippen molar-refractivity contribution in [2.75, 3.05) is 20.2 Å². The van der Waals surface area contributed by atoms with Gasteiger partial charge in [0.15, 0.2) is 5.75 Å². The number of halogens is 2. The van der Waals surface area contributed by atoms with Crippen molar-refractivity contribution in [3.8, 4) is 5.75 Å². The Morgan fingerprint density at radius 1 is 1.19 bits per heavy atom. The van der Waals surface area contributed by atoms with Crippen LogP contribution in [0.25, 0.3) is 10.9 Å². The van der Waals surface area contributed by atoms with Crippen LogP contribution < -0.4 is 4.74 Å². The van der Waals surface area contributed by atoms with Crippen LogP contribution in [-0.2, 0) is 12.8 Å². The molecule has 0 spiro atoms. The van der Waals surface area contributed by atoms with E-state index in [4.69, 9.17) is 27.9 Å². The number of hydrogen-bond donors (Lipinski definition) is 1. The van der Waals surface area contributed by atoms with E-state index in [-0.39, 0.29) is 11.7 Å². The number of nitrogens with one attached hydrogen (secondary N) is 1. The van der Waals surface area contributed by atoms with E-state index in [1.165, 1.54) is 25.1 Å². The predicted octanol–water partition coefficient (Wildman–Crippen LogP) is 3.51. The standard InChI is InChI=1S/C18H16Cl2N4O2/c1-26-10-8-21-17(22-9-10)18(25)24-6-4-11-12-2-3-13(19)15(20)16(12)23-14(11)5-7-24/h2-3,8-9,23H,4-7H2,1H3. The quantitative estimate of drug-likeness (QED) is 0.726. The van der Waals surface area contributed by atoms with Crippen LogP contribution in [0.2, 0.25) is 10.0 Å². The molecule has 0 atom stereocenters. The Kier molecular flexibility index (Phi) is 4.46. The number of fused-ring (bicyclic) bond motifs is 3. The highest BCUT2D eigenvalue weighted by molar-refractivity contribution is 6.45. The first kappa shape index (κ1) is 17.1. The number of aromatic nitrogens is 3. The molecule has 0 aliphatic carbocycles. The molecule has 26 heavy (non-hydrogen) atoms. The molecule has 1 aromatic carbocycles. The van der Waals surface area contributed by atoms with Crippen LogP contribution in [0.3, 0.4) is 0 Å². The molecule has 1 aliphatic heterocycles. The Bertz CT molecular complexity index is 985. The molecule has 0 saturated carbocycles. The van der Waals surface area contributed by atoms with E-state index in [1.54, 1.807) is 11.0 Å². The van der Waals surface area contributed by atoms with Crippen molar-refractivity contribution in [3.05, 3.63) is 51.7 Å². The van der Waals surface area contributed by atoms with E-state index in [0.717, 1.165) is 23.0 Å². The summed E-state index contributed by atoms with van der Waals surface area (Å²) in [6, 6.07) is 3.78. The number of carbonyl (C=O) groups is 1. The lowest BCUT2D eigenvalue weighted by Crippen LogP contribution is -2.34. The first-order valence-electron chi connectivity index (χ1n) is 8.21. The first-order valence-corrected chi connectivity index (χ1v) is 8.97. The lowest BCUT2D eigenvalue weighted by atomic mass is 10.1. The molecule has 134 valence electrons. The number of ether oxygens (including phenoxy) is 1. The number of nitrogens with zero attached hydrogens (tertiary/aromatic N) is 3. The number of carbonyl (C=O) groups excluding carboxylic acids is 1. The fourth-order valence-corrected chi connectivity index (χ4v) is 3.66. The van der Waals surface area contributed by atoms with Crippen molar-refractivity contribution in [2.24, 2.45) is 0 Å². The maximum atomic E-state index is 12.7. The van der Waals surface area contributed by atoms with Crippen molar-refractivity contribution in [2.45, 2.75) is 12.8 Å². The molecule has 3 aromatic rings. The van der Waals surface area contributed by atoms with Gasteiger partial charge >= 0.3 is 0 Å². The number of methoxy groups -OCH3 is 1. The van der Waals surface area contributed by atoms with Gasteiger partial charge in [-0.25, -0.2) is 9.97 Å². The number of hydrogen-bond acceptors (Lipinski definition) is 4. The Morgan fingerprint density at radius 3 is 2.65 bits per heavy atom. The molecule has 0 bridgehead atoms. The van der Waals surface area contributed by atoms with Gasteiger partial charge in [-0.3, -0.25) is 4.79 Å². The molecule has 0 fully saturated rings. The summed E-state index contributed by atoms with van der Waals surface area (Å²) in [6.07, 6.45) is 4.44. The van der Waals surface area contributed by atoms with Gasteiger partial charge in [0.25, 0.3) is 5.91 Å². The average molecular weight is 391 g/mol. The number of amides is 1. The zero-order chi connectivity index (χ0) is 18.3. The number of H-pyrrole nitrogens is 1. The number of benzene rings is 1. The van der Waals surface area contributed by atoms with Crippen molar-refractivity contribution < 1.29 is 9.53 Å². The maximum absolute atomic E-state index is 12.7. The zero-order valence-electron chi connectivity index (χ0n) is 14.1. The van der Waals surface area contributed by atoms with Crippen LogP contribution in [0.4, 0.5) is 0 Å². The summed E-state index contributed by atoms with van der Waals surface area (Å²) in [5.74, 6) is 0.522. The molecular formula is C18H16Cl2N4O2. The van der Waals surface area contributed by atoms with Crippen molar-refractivity contribution in [1.29, 1.82) is 0 Å². The Balaban J connectivity index is 1.58. The number of aromatic amines is 1. The van der Waals surface area contributed by atoms with E-state index < -0.39 is 0 Å². The summed E-state index contributed by atoms with van der Waals surface area (Å²) in [6.45, 7) is 1.17. The van der Waals surface area contributed by atoms with Gasteiger partial charge in [0.1, 0.15) is 0 Å². The lowest BCUT2D eigenvalue weighted by molar-refractivity contribution is 0.0750. The third kappa shape index (κ3) is 2.89. The molecule has 1 amide bonds. The zero-order valence-corrected chi connectivity index (χ0v) is 15.6. The molecule has 1 aliphatic rings. The average Bonchev–Trinajstić information content (AvgIpc) is 2.89. The minimum atomic E-state index is -0.178. The lowest BCUT2D eigenvalue weighted by Gasteiger charge is -2.19. The molecule has 0 saturated heterocycles. The van der Waals surface area contributed by atoms with Crippen LogP contribution in [0.1, 0.15) is 21.9 Å². The summed E-state index contributed by atoms with van der Waals surface area (Å²) in [5.41, 5.74) is 3.14. The second kappa shape index (κ2) is 6.78. The van der Waals surface area contributed by atoms with Crippen LogP contribution in [0, 0.1) is 0 Å². The minimum Gasteiger partial charge on any atom is -0.494 e. The van der Waals surface area contributed by atoms with E-state index in [0.29, 0.717) is 35.3 Å². The van der Waals surface area contributed by atoms with E-state index in [2.05, 4.69) is 15.0 Å². The fraction of sp³-hybridized carbons (Fsp3) is 0.278. The monoisotopic (exact) mass is 390 g/mol. The van der Waals surface area contributed by atoms with Crippen LogP contribution >= 0.6 is 23.2 Å². The smallest absolute Gasteiger partial charge is 0.291 e. The second-order valence-corrected chi connectivity index (χ2v) is 6.89. The SMILES string of the molecule is COc1cnc(C(=O)N2CCc3[nH]c4c(Cl)c(Cl)ccc4c3CC2)nc1. The van der Waals surface area contributed by atoms with Gasteiger partial charge in [-0.15, -0.1) is 0 Å².